The zero-order chi connectivity index (χ0) is 26.8. The van der Waals surface area contributed by atoms with Crippen LogP contribution in [0.3, 0.4) is 0 Å². The van der Waals surface area contributed by atoms with Crippen LogP contribution in [0.2, 0.25) is 13.1 Å². The van der Waals surface area contributed by atoms with Crippen LogP contribution in [0.15, 0.2) is 107 Å². The summed E-state index contributed by atoms with van der Waals surface area (Å²) in [6.07, 6.45) is 3.11. The smallest absolute Gasteiger partial charge is 0.237 e. The standard InChI is InChI=1S/C32H28N4OSSi/c1-32(2)21-11-5-6-15-25(21)37-29-22(32)12-9-13-23(29)36(31-34-19-33-20-35-31)24-14-10-18-28-30(24)38-26-16-7-8-17-27(26)39(28,3)4/h5-20H,1-4H3. The minimum Gasteiger partial charge on any atom is -0.455 e. The van der Waals surface area contributed by atoms with Crippen molar-refractivity contribution < 1.29 is 4.74 Å². The lowest BCUT2D eigenvalue weighted by molar-refractivity contribution is 0.419. The molecule has 5 aromatic rings. The highest BCUT2D eigenvalue weighted by atomic mass is 32.2. The normalized spacial score (nSPS) is 15.7. The molecule has 0 amide bonds. The number of fused-ring (bicyclic) bond motifs is 4. The summed E-state index contributed by atoms with van der Waals surface area (Å²) in [5, 5.41) is 2.89. The van der Waals surface area contributed by atoms with E-state index in [1.54, 1.807) is 12.7 Å². The lowest BCUT2D eigenvalue weighted by Crippen LogP contribution is -2.56. The largest absolute Gasteiger partial charge is 0.455 e. The van der Waals surface area contributed by atoms with Gasteiger partial charge in [0.2, 0.25) is 5.95 Å². The van der Waals surface area contributed by atoms with Crippen molar-refractivity contribution in [2.45, 2.75) is 42.1 Å². The molecule has 0 radical (unpaired) electrons. The molecule has 0 N–H and O–H groups in total. The first-order valence-electron chi connectivity index (χ1n) is 13.1. The summed E-state index contributed by atoms with van der Waals surface area (Å²) in [4.78, 5) is 18.1. The van der Waals surface area contributed by atoms with E-state index in [-0.39, 0.29) is 5.41 Å². The first-order valence-corrected chi connectivity index (χ1v) is 16.9. The molecule has 2 aliphatic rings. The van der Waals surface area contributed by atoms with Gasteiger partial charge in [0, 0.05) is 26.3 Å². The SMILES string of the molecule is CC1(C)c2ccccc2Oc2c(N(c3ncncn3)c3cccc4c3Sc3ccccc3[Si]4(C)C)cccc21. The Morgan fingerprint density at radius 2 is 1.41 bits per heavy atom. The molecular formula is C32H28N4OSSi. The Kier molecular flexibility index (Phi) is 5.44. The van der Waals surface area contributed by atoms with Crippen molar-refractivity contribution in [3.63, 3.8) is 0 Å². The van der Waals surface area contributed by atoms with Gasteiger partial charge in [-0.2, -0.15) is 0 Å². The van der Waals surface area contributed by atoms with Crippen LogP contribution in [0.25, 0.3) is 0 Å². The first-order chi connectivity index (χ1) is 18.9. The second kappa shape index (κ2) is 8.79. The molecular weight excluding hydrogens is 517 g/mol. The highest BCUT2D eigenvalue weighted by Gasteiger charge is 2.39. The Morgan fingerprint density at radius 3 is 2.26 bits per heavy atom. The molecule has 7 rings (SSSR count). The number of benzene rings is 4. The van der Waals surface area contributed by atoms with Crippen molar-refractivity contribution >= 4 is 47.5 Å². The lowest BCUT2D eigenvalue weighted by atomic mass is 9.75. The zero-order valence-corrected chi connectivity index (χ0v) is 24.2. The number of hydrogen-bond acceptors (Lipinski definition) is 6. The first kappa shape index (κ1) is 24.1. The third-order valence-corrected chi connectivity index (χ3v) is 13.2. The van der Waals surface area contributed by atoms with Crippen LogP contribution in [0.4, 0.5) is 17.3 Å². The Hall–Kier alpha value is -3.94. The van der Waals surface area contributed by atoms with Gasteiger partial charge in [-0.05, 0) is 34.6 Å². The predicted octanol–water partition coefficient (Wildman–Crippen LogP) is 7.06. The van der Waals surface area contributed by atoms with Crippen LogP contribution in [0, 0.1) is 0 Å². The maximum absolute atomic E-state index is 6.70. The Balaban J connectivity index is 1.48. The van der Waals surface area contributed by atoms with Crippen LogP contribution >= 0.6 is 11.8 Å². The summed E-state index contributed by atoms with van der Waals surface area (Å²) in [7, 11) is -1.94. The molecule has 0 fully saturated rings. The maximum Gasteiger partial charge on any atom is 0.237 e. The number of nitrogens with zero attached hydrogens (tertiary/aromatic N) is 4. The molecule has 0 spiro atoms. The summed E-state index contributed by atoms with van der Waals surface area (Å²) in [5.74, 6) is 2.27. The lowest BCUT2D eigenvalue weighted by Gasteiger charge is -2.38. The quantitative estimate of drug-likeness (QED) is 0.227. The number of hydrogen-bond donors (Lipinski definition) is 0. The average Bonchev–Trinajstić information content (AvgIpc) is 2.95. The van der Waals surface area contributed by atoms with Crippen LogP contribution < -0.4 is 20.0 Å². The molecule has 0 bridgehead atoms. The number of rotatable bonds is 3. The van der Waals surface area contributed by atoms with Crippen molar-refractivity contribution in [1.29, 1.82) is 0 Å². The van der Waals surface area contributed by atoms with Crippen molar-refractivity contribution in [2.75, 3.05) is 4.90 Å². The second-order valence-corrected chi connectivity index (χ2v) is 16.4. The van der Waals surface area contributed by atoms with Gasteiger partial charge in [-0.25, -0.2) is 15.0 Å². The molecule has 2 aliphatic heterocycles. The molecule has 0 unspecified atom stereocenters. The third-order valence-electron chi connectivity index (χ3n) is 8.04. The van der Waals surface area contributed by atoms with Crippen molar-refractivity contribution in [3.8, 4) is 11.5 Å². The van der Waals surface area contributed by atoms with Gasteiger partial charge in [0.25, 0.3) is 0 Å². The number of para-hydroxylation sites is 2. The number of ether oxygens (including phenoxy) is 1. The van der Waals surface area contributed by atoms with E-state index in [2.05, 4.69) is 126 Å². The van der Waals surface area contributed by atoms with E-state index in [1.165, 1.54) is 25.7 Å². The third kappa shape index (κ3) is 3.64. The summed E-state index contributed by atoms with van der Waals surface area (Å²) in [6, 6.07) is 30.2. The van der Waals surface area contributed by atoms with Crippen LogP contribution in [-0.2, 0) is 5.41 Å². The van der Waals surface area contributed by atoms with Gasteiger partial charge in [-0.15, -0.1) is 0 Å². The minimum atomic E-state index is -1.94. The van der Waals surface area contributed by atoms with E-state index in [0.29, 0.717) is 5.95 Å². The fourth-order valence-corrected chi connectivity index (χ4v) is 11.5. The van der Waals surface area contributed by atoms with Gasteiger partial charge in [0.1, 0.15) is 26.5 Å². The number of aromatic nitrogens is 3. The van der Waals surface area contributed by atoms with Crippen LogP contribution in [0.5, 0.6) is 11.5 Å². The Bertz CT molecular complexity index is 1630. The summed E-state index contributed by atoms with van der Waals surface area (Å²) >= 11 is 1.84. The van der Waals surface area contributed by atoms with Gasteiger partial charge < -0.3 is 4.74 Å². The van der Waals surface area contributed by atoms with E-state index >= 15 is 0 Å². The molecule has 0 aliphatic carbocycles. The molecule has 4 aromatic carbocycles. The molecule has 0 atom stereocenters. The van der Waals surface area contributed by atoms with Crippen LogP contribution in [-0.4, -0.2) is 23.0 Å². The van der Waals surface area contributed by atoms with Crippen molar-refractivity contribution in [2.24, 2.45) is 0 Å². The molecule has 39 heavy (non-hydrogen) atoms. The fourth-order valence-electron chi connectivity index (χ4n) is 5.95. The molecule has 7 heteroatoms. The Labute approximate surface area is 234 Å². The predicted molar refractivity (Wildman–Crippen MR) is 160 cm³/mol. The van der Waals surface area contributed by atoms with E-state index in [1.807, 2.05) is 17.8 Å². The molecule has 0 saturated heterocycles. The maximum atomic E-state index is 6.70. The summed E-state index contributed by atoms with van der Waals surface area (Å²) < 4.78 is 6.70. The van der Waals surface area contributed by atoms with Gasteiger partial charge in [-0.3, -0.25) is 4.90 Å². The Morgan fingerprint density at radius 1 is 0.744 bits per heavy atom. The average molecular weight is 545 g/mol. The molecule has 3 heterocycles. The van der Waals surface area contributed by atoms with E-state index in [0.717, 1.165) is 28.4 Å². The van der Waals surface area contributed by atoms with E-state index in [4.69, 9.17) is 4.74 Å². The summed E-state index contributed by atoms with van der Waals surface area (Å²) in [5.41, 5.74) is 4.04. The second-order valence-electron chi connectivity index (χ2n) is 11.0. The molecule has 0 saturated carbocycles. The van der Waals surface area contributed by atoms with E-state index in [9.17, 15) is 0 Å². The summed E-state index contributed by atoms with van der Waals surface area (Å²) in [6.45, 7) is 9.40. The highest BCUT2D eigenvalue weighted by molar-refractivity contribution is 8.00. The minimum absolute atomic E-state index is 0.232. The van der Waals surface area contributed by atoms with Crippen molar-refractivity contribution in [3.05, 3.63) is 109 Å². The highest BCUT2D eigenvalue weighted by Crippen LogP contribution is 2.54. The number of anilines is 3. The van der Waals surface area contributed by atoms with E-state index < -0.39 is 8.07 Å². The van der Waals surface area contributed by atoms with Gasteiger partial charge in [-0.1, -0.05) is 99.4 Å². The van der Waals surface area contributed by atoms with Gasteiger partial charge >= 0.3 is 0 Å². The van der Waals surface area contributed by atoms with Gasteiger partial charge in [0.05, 0.1) is 11.4 Å². The molecule has 5 nitrogen and oxygen atoms in total. The fraction of sp³-hybridized carbons (Fsp3) is 0.156. The van der Waals surface area contributed by atoms with Gasteiger partial charge in [0.15, 0.2) is 5.75 Å². The van der Waals surface area contributed by atoms with Crippen LogP contribution in [0.1, 0.15) is 25.0 Å². The van der Waals surface area contributed by atoms with Crippen molar-refractivity contribution in [1.82, 2.24) is 15.0 Å². The molecule has 1 aromatic heterocycles. The zero-order valence-electron chi connectivity index (χ0n) is 22.3. The molecule has 192 valence electrons. The topological polar surface area (TPSA) is 51.1 Å². The monoisotopic (exact) mass is 544 g/mol.